The molecule has 1 aliphatic rings. The first kappa shape index (κ1) is 19.8. The van der Waals surface area contributed by atoms with Crippen molar-refractivity contribution in [1.82, 2.24) is 10.2 Å². The van der Waals surface area contributed by atoms with Gasteiger partial charge in [0.15, 0.2) is 0 Å². The Kier molecular flexibility index (Phi) is 7.35. The number of hydrogen-bond acceptors (Lipinski definition) is 2. The second kappa shape index (κ2) is 8.55. The van der Waals surface area contributed by atoms with Crippen LogP contribution in [0, 0.1) is 0 Å². The highest BCUT2D eigenvalue weighted by Gasteiger charge is 2.34. The molecule has 23 heavy (non-hydrogen) atoms. The smallest absolute Gasteiger partial charge is 0.334 e. The topological polar surface area (TPSA) is 32.3 Å². The zero-order chi connectivity index (χ0) is 16.2. The van der Waals surface area contributed by atoms with E-state index in [4.69, 9.17) is 0 Å². The van der Waals surface area contributed by atoms with Gasteiger partial charge >= 0.3 is 6.18 Å². The Morgan fingerprint density at radius 1 is 1.26 bits per heavy atom. The largest absolute Gasteiger partial charge is 0.416 e. The molecule has 2 rings (SSSR count). The lowest BCUT2D eigenvalue weighted by atomic mass is 10.0. The third-order valence-electron chi connectivity index (χ3n) is 4.08. The minimum atomic E-state index is -4.40. The fourth-order valence-corrected chi connectivity index (χ4v) is 3.01. The van der Waals surface area contributed by atoms with Gasteiger partial charge in [0.05, 0.1) is 12.1 Å². The van der Waals surface area contributed by atoms with Crippen LogP contribution in [-0.2, 0) is 17.5 Å². The molecule has 0 spiro atoms. The third kappa shape index (κ3) is 5.11. The summed E-state index contributed by atoms with van der Waals surface area (Å²) in [5.41, 5.74) is -0.499. The average molecular weight is 351 g/mol. The van der Waals surface area contributed by atoms with Gasteiger partial charge < -0.3 is 10.2 Å². The number of carbonyl (C=O) groups excluding carboxylic acids is 1. The van der Waals surface area contributed by atoms with Crippen molar-refractivity contribution in [2.75, 3.05) is 13.6 Å². The molecular weight excluding hydrogens is 329 g/mol. The van der Waals surface area contributed by atoms with E-state index >= 15 is 0 Å². The highest BCUT2D eigenvalue weighted by molar-refractivity contribution is 5.85. The number of nitrogens with one attached hydrogen (secondary N) is 1. The van der Waals surface area contributed by atoms with E-state index in [0.717, 1.165) is 31.7 Å². The highest BCUT2D eigenvalue weighted by atomic mass is 35.5. The first-order chi connectivity index (χ1) is 10.4. The summed E-state index contributed by atoms with van der Waals surface area (Å²) in [7, 11) is 1.66. The molecule has 1 amide bonds. The molecule has 1 N–H and O–H groups in total. The Labute approximate surface area is 140 Å². The van der Waals surface area contributed by atoms with Gasteiger partial charge in [-0.15, -0.1) is 12.4 Å². The Morgan fingerprint density at radius 3 is 2.43 bits per heavy atom. The first-order valence-electron chi connectivity index (χ1n) is 7.52. The summed E-state index contributed by atoms with van der Waals surface area (Å²) < 4.78 is 39.3. The summed E-state index contributed by atoms with van der Waals surface area (Å²) in [6.45, 7) is 0.158. The second-order valence-corrected chi connectivity index (χ2v) is 5.65. The quantitative estimate of drug-likeness (QED) is 0.879. The van der Waals surface area contributed by atoms with Crippen LogP contribution in [0.3, 0.4) is 0 Å². The number of hydrogen-bond donors (Lipinski definition) is 1. The maximum atomic E-state index is 13.1. The molecule has 1 aromatic carbocycles. The van der Waals surface area contributed by atoms with Crippen LogP contribution in [0.2, 0.25) is 0 Å². The zero-order valence-electron chi connectivity index (χ0n) is 13.0. The Hall–Kier alpha value is -1.27. The average Bonchev–Trinajstić information content (AvgIpc) is 2.98. The van der Waals surface area contributed by atoms with Gasteiger partial charge in [0.1, 0.15) is 0 Å². The summed E-state index contributed by atoms with van der Waals surface area (Å²) in [5.74, 6) is -0.147. The SMILES string of the molecule is CNCC(=O)N(Cc1ccccc1C(F)(F)F)C1CCCC1.Cl. The molecule has 0 saturated heterocycles. The molecule has 0 aliphatic heterocycles. The maximum absolute atomic E-state index is 13.1. The summed E-state index contributed by atoms with van der Waals surface area (Å²) in [6.07, 6.45) is -0.624. The van der Waals surface area contributed by atoms with Gasteiger partial charge in [0.25, 0.3) is 0 Å². The first-order valence-corrected chi connectivity index (χ1v) is 7.52. The summed E-state index contributed by atoms with van der Waals surface area (Å²) in [6, 6.07) is 5.53. The van der Waals surface area contributed by atoms with E-state index in [1.54, 1.807) is 18.0 Å². The molecule has 1 saturated carbocycles. The molecule has 0 atom stereocenters. The van der Waals surface area contributed by atoms with Crippen molar-refractivity contribution in [3.8, 4) is 0 Å². The van der Waals surface area contributed by atoms with E-state index in [0.29, 0.717) is 0 Å². The number of rotatable bonds is 5. The summed E-state index contributed by atoms with van der Waals surface area (Å²) in [4.78, 5) is 13.9. The van der Waals surface area contributed by atoms with Crippen molar-refractivity contribution in [3.63, 3.8) is 0 Å². The standard InChI is InChI=1S/C16H21F3N2O.ClH/c1-20-10-15(22)21(13-7-3-4-8-13)11-12-6-2-5-9-14(12)16(17,18)19;/h2,5-6,9,13,20H,3-4,7-8,10-11H2,1H3;1H. The fraction of sp³-hybridized carbons (Fsp3) is 0.562. The van der Waals surface area contributed by atoms with Crippen LogP contribution in [0.5, 0.6) is 0 Å². The number of benzene rings is 1. The van der Waals surface area contributed by atoms with Gasteiger partial charge in [0.2, 0.25) is 5.91 Å². The predicted molar refractivity (Wildman–Crippen MR) is 85.4 cm³/mol. The van der Waals surface area contributed by atoms with Crippen LogP contribution < -0.4 is 5.32 Å². The molecule has 0 heterocycles. The van der Waals surface area contributed by atoms with E-state index < -0.39 is 11.7 Å². The van der Waals surface area contributed by atoms with Crippen LogP contribution >= 0.6 is 12.4 Å². The van der Waals surface area contributed by atoms with Crippen molar-refractivity contribution in [3.05, 3.63) is 35.4 Å². The normalized spacial score (nSPS) is 15.3. The van der Waals surface area contributed by atoms with Crippen molar-refractivity contribution in [1.29, 1.82) is 0 Å². The molecule has 1 aromatic rings. The van der Waals surface area contributed by atoms with Crippen molar-refractivity contribution >= 4 is 18.3 Å². The van der Waals surface area contributed by atoms with E-state index in [2.05, 4.69) is 5.32 Å². The Morgan fingerprint density at radius 2 is 1.87 bits per heavy atom. The van der Waals surface area contributed by atoms with Gasteiger partial charge in [-0.2, -0.15) is 13.2 Å². The number of amides is 1. The number of halogens is 4. The number of alkyl halides is 3. The van der Waals surface area contributed by atoms with Gasteiger partial charge in [-0.1, -0.05) is 31.0 Å². The number of carbonyl (C=O) groups is 1. The summed E-state index contributed by atoms with van der Waals surface area (Å²) in [5, 5.41) is 2.79. The Bertz CT molecular complexity index is 516. The zero-order valence-corrected chi connectivity index (χ0v) is 13.8. The van der Waals surface area contributed by atoms with Gasteiger partial charge in [-0.05, 0) is 31.5 Å². The third-order valence-corrected chi connectivity index (χ3v) is 4.08. The van der Waals surface area contributed by atoms with E-state index in [1.807, 2.05) is 0 Å². The molecule has 7 heteroatoms. The van der Waals surface area contributed by atoms with Crippen LogP contribution in [-0.4, -0.2) is 30.4 Å². The minimum Gasteiger partial charge on any atom is -0.334 e. The lowest BCUT2D eigenvalue weighted by Crippen LogP contribution is -2.42. The van der Waals surface area contributed by atoms with E-state index in [-0.39, 0.29) is 43.0 Å². The van der Waals surface area contributed by atoms with E-state index in [9.17, 15) is 18.0 Å². The maximum Gasteiger partial charge on any atom is 0.416 e. The van der Waals surface area contributed by atoms with Crippen molar-refractivity contribution in [2.24, 2.45) is 0 Å². The minimum absolute atomic E-state index is 0. The van der Waals surface area contributed by atoms with Crippen molar-refractivity contribution < 1.29 is 18.0 Å². The van der Waals surface area contributed by atoms with Gasteiger partial charge in [-0.25, -0.2) is 0 Å². The predicted octanol–water partition coefficient (Wildman–Crippen LogP) is 3.62. The van der Waals surface area contributed by atoms with Crippen molar-refractivity contribution in [2.45, 2.75) is 44.4 Å². The summed E-state index contributed by atoms with van der Waals surface area (Å²) >= 11 is 0. The lowest BCUT2D eigenvalue weighted by molar-refractivity contribution is -0.140. The fourth-order valence-electron chi connectivity index (χ4n) is 3.01. The molecule has 1 fully saturated rings. The Balaban J connectivity index is 0.00000264. The van der Waals surface area contributed by atoms with Crippen LogP contribution in [0.4, 0.5) is 13.2 Å². The second-order valence-electron chi connectivity index (χ2n) is 5.65. The monoisotopic (exact) mass is 350 g/mol. The number of likely N-dealkylation sites (N-methyl/N-ethyl adjacent to an activating group) is 1. The molecule has 0 radical (unpaired) electrons. The molecule has 0 bridgehead atoms. The molecule has 3 nitrogen and oxygen atoms in total. The molecule has 0 aromatic heterocycles. The number of nitrogens with zero attached hydrogens (tertiary/aromatic N) is 1. The lowest BCUT2D eigenvalue weighted by Gasteiger charge is -2.30. The molecule has 130 valence electrons. The molecule has 1 aliphatic carbocycles. The highest BCUT2D eigenvalue weighted by Crippen LogP contribution is 2.33. The van der Waals surface area contributed by atoms with Gasteiger partial charge in [0, 0.05) is 12.6 Å². The molecular formula is C16H22ClF3N2O. The van der Waals surface area contributed by atoms with Crippen LogP contribution in [0.1, 0.15) is 36.8 Å². The van der Waals surface area contributed by atoms with Crippen LogP contribution in [0.25, 0.3) is 0 Å². The molecule has 0 unspecified atom stereocenters. The van der Waals surface area contributed by atoms with Crippen LogP contribution in [0.15, 0.2) is 24.3 Å². The van der Waals surface area contributed by atoms with Gasteiger partial charge in [-0.3, -0.25) is 4.79 Å². The van der Waals surface area contributed by atoms with E-state index in [1.165, 1.54) is 12.1 Å².